The van der Waals surface area contributed by atoms with Crippen molar-refractivity contribution in [2.24, 2.45) is 5.92 Å². The van der Waals surface area contributed by atoms with Crippen molar-refractivity contribution in [2.75, 3.05) is 23.7 Å². The molecule has 3 aromatic rings. The minimum Gasteiger partial charge on any atom is -0.493 e. The van der Waals surface area contributed by atoms with E-state index in [1.807, 2.05) is 4.90 Å². The second-order valence-electron chi connectivity index (χ2n) is 8.42. The zero-order valence-electron chi connectivity index (χ0n) is 18.2. The van der Waals surface area contributed by atoms with Crippen LogP contribution in [0.15, 0.2) is 41.7 Å². The topological polar surface area (TPSA) is 128 Å². The predicted octanol–water partition coefficient (Wildman–Crippen LogP) is 3.09. The average molecular weight is 530 g/mol. The van der Waals surface area contributed by atoms with E-state index in [9.17, 15) is 21.6 Å². The number of fused-ring (bicyclic) bond motifs is 1. The number of anilines is 1. The van der Waals surface area contributed by atoms with Crippen molar-refractivity contribution in [3.63, 3.8) is 0 Å². The van der Waals surface area contributed by atoms with Gasteiger partial charge in [-0.2, -0.15) is 27.4 Å². The first-order chi connectivity index (χ1) is 16.6. The van der Waals surface area contributed by atoms with Crippen LogP contribution in [-0.2, 0) is 10.0 Å². The Kier molecular flexibility index (Phi) is 6.09. The van der Waals surface area contributed by atoms with Gasteiger partial charge in [-0.25, -0.2) is 13.4 Å². The first kappa shape index (κ1) is 23.8. The minimum absolute atomic E-state index is 0.0144. The number of aromatic nitrogens is 4. The maximum Gasteiger partial charge on any atom is 0.391 e. The number of halogens is 3. The average Bonchev–Trinajstić information content (AvgIpc) is 3.48. The summed E-state index contributed by atoms with van der Waals surface area (Å²) in [5, 5.41) is 4.09. The highest BCUT2D eigenvalue weighted by molar-refractivity contribution is 7.93. The summed E-state index contributed by atoms with van der Waals surface area (Å²) >= 11 is 0.908. The maximum atomic E-state index is 13.6. The van der Waals surface area contributed by atoms with Crippen molar-refractivity contribution >= 4 is 26.7 Å². The number of sulfonamides is 1. The van der Waals surface area contributed by atoms with E-state index in [1.54, 1.807) is 12.1 Å². The highest BCUT2D eigenvalue weighted by Gasteiger charge is 2.47. The van der Waals surface area contributed by atoms with Crippen LogP contribution < -0.4 is 15.3 Å². The third-order valence-electron chi connectivity index (χ3n) is 6.44. The van der Waals surface area contributed by atoms with Crippen molar-refractivity contribution in [1.29, 1.82) is 0 Å². The molecule has 1 saturated heterocycles. The molecule has 0 aliphatic carbocycles. The molecule has 188 valence electrons. The fraction of sp³-hybridized carbons (Fsp3) is 0.450. The number of hydrogen-bond acceptors (Lipinski definition) is 9. The Balaban J connectivity index is 1.46. The molecule has 2 aliphatic rings. The van der Waals surface area contributed by atoms with Crippen molar-refractivity contribution in [3.05, 3.63) is 48.0 Å². The summed E-state index contributed by atoms with van der Waals surface area (Å²) in [5.41, 5.74) is 1.21. The number of nitrogens with zero attached hydrogens (tertiary/aromatic N) is 5. The number of hydrogen-bond donors (Lipinski definition) is 2. The van der Waals surface area contributed by atoms with Gasteiger partial charge >= 0.3 is 6.18 Å². The fourth-order valence-corrected chi connectivity index (χ4v) is 6.46. The molecule has 0 spiro atoms. The van der Waals surface area contributed by atoms with Gasteiger partial charge in [-0.05, 0) is 25.0 Å². The van der Waals surface area contributed by atoms with Gasteiger partial charge in [0.2, 0.25) is 5.13 Å². The monoisotopic (exact) mass is 529 g/mol. The third kappa shape index (κ3) is 4.67. The molecule has 2 aliphatic heterocycles. The summed E-state index contributed by atoms with van der Waals surface area (Å²) in [4.78, 5) is 6.93. The van der Waals surface area contributed by atoms with Crippen LogP contribution in [0.25, 0.3) is 0 Å². The lowest BCUT2D eigenvalue weighted by Gasteiger charge is -2.45. The van der Waals surface area contributed by atoms with Crippen LogP contribution in [0.5, 0.6) is 5.75 Å². The molecule has 1 aromatic carbocycles. The van der Waals surface area contributed by atoms with Gasteiger partial charge in [0.05, 0.1) is 35.4 Å². The van der Waals surface area contributed by atoms with E-state index in [2.05, 4.69) is 19.2 Å². The SMILES string of the molecule is Nn1nccc1[C@@H]1C[C@H](C(F)(F)F)CCN1[C@H]1CCOc2cc(S(=O)(=O)Nc3ncns3)ccc21. The maximum absolute atomic E-state index is 13.6. The van der Waals surface area contributed by atoms with Crippen LogP contribution in [0.2, 0.25) is 0 Å². The highest BCUT2D eigenvalue weighted by Crippen LogP contribution is 2.48. The molecule has 15 heteroatoms. The highest BCUT2D eigenvalue weighted by atomic mass is 32.2. The van der Waals surface area contributed by atoms with Gasteiger partial charge in [-0.1, -0.05) is 6.07 Å². The second-order valence-corrected chi connectivity index (χ2v) is 10.9. The summed E-state index contributed by atoms with van der Waals surface area (Å²) in [5.74, 6) is 4.85. The molecule has 35 heavy (non-hydrogen) atoms. The van der Waals surface area contributed by atoms with Crippen molar-refractivity contribution in [3.8, 4) is 5.75 Å². The van der Waals surface area contributed by atoms with Crippen molar-refractivity contribution in [2.45, 2.75) is 42.4 Å². The zero-order valence-corrected chi connectivity index (χ0v) is 19.9. The second kappa shape index (κ2) is 8.95. The Morgan fingerprint density at radius 1 is 1.20 bits per heavy atom. The van der Waals surface area contributed by atoms with Crippen molar-refractivity contribution in [1.82, 2.24) is 24.1 Å². The first-order valence-electron chi connectivity index (χ1n) is 10.8. The Hall–Kier alpha value is -2.91. The largest absolute Gasteiger partial charge is 0.493 e. The lowest BCUT2D eigenvalue weighted by atomic mass is 9.85. The molecule has 0 unspecified atom stereocenters. The van der Waals surface area contributed by atoms with E-state index in [0.29, 0.717) is 30.0 Å². The zero-order chi connectivity index (χ0) is 24.8. The molecular weight excluding hydrogens is 507 g/mol. The van der Waals surface area contributed by atoms with Crippen LogP contribution >= 0.6 is 11.5 Å². The van der Waals surface area contributed by atoms with E-state index in [1.165, 1.54) is 24.7 Å². The van der Waals surface area contributed by atoms with E-state index in [-0.39, 0.29) is 35.5 Å². The Morgan fingerprint density at radius 2 is 2.03 bits per heavy atom. The lowest BCUT2D eigenvalue weighted by Crippen LogP contribution is -2.45. The molecule has 0 amide bonds. The van der Waals surface area contributed by atoms with E-state index >= 15 is 0 Å². The molecule has 0 saturated carbocycles. The van der Waals surface area contributed by atoms with Gasteiger partial charge in [0.15, 0.2) is 0 Å². The molecule has 0 bridgehead atoms. The fourth-order valence-electron chi connectivity index (χ4n) is 4.79. The standard InChI is InChI=1S/C20H22F3N7O3S2/c21-20(22,23)12-4-7-29(17(9-12)16-3-6-26-30(16)24)15-5-8-33-18-10-13(1-2-14(15)18)35(31,32)28-19-25-11-27-34-19/h1-3,6,10-12,15,17H,4-5,7-9,24H2,(H,25,27,28)/t12-,15+,17+/m1/s1. The number of likely N-dealkylation sites (tertiary alicyclic amines) is 1. The molecule has 5 rings (SSSR count). The molecule has 4 heterocycles. The smallest absolute Gasteiger partial charge is 0.391 e. The molecule has 0 radical (unpaired) electrons. The number of benzene rings is 1. The van der Waals surface area contributed by atoms with Gasteiger partial charge in [-0.15, -0.1) is 0 Å². The Labute approximate surface area is 203 Å². The molecule has 1 fully saturated rings. The summed E-state index contributed by atoms with van der Waals surface area (Å²) < 4.78 is 78.2. The molecular formula is C20H22F3N7O3S2. The van der Waals surface area contributed by atoms with E-state index in [0.717, 1.165) is 16.3 Å². The van der Waals surface area contributed by atoms with Gasteiger partial charge in [0, 0.05) is 42.2 Å². The van der Waals surface area contributed by atoms with Gasteiger partial charge in [-0.3, -0.25) is 9.62 Å². The Morgan fingerprint density at radius 3 is 2.71 bits per heavy atom. The van der Waals surface area contributed by atoms with Crippen LogP contribution in [0.1, 0.15) is 42.6 Å². The number of rotatable bonds is 5. The van der Waals surface area contributed by atoms with E-state index in [4.69, 9.17) is 10.6 Å². The van der Waals surface area contributed by atoms with Crippen LogP contribution in [-0.4, -0.2) is 51.9 Å². The molecule has 3 N–H and O–H groups in total. The number of nitrogens with two attached hydrogens (primary N) is 1. The van der Waals surface area contributed by atoms with Gasteiger partial charge in [0.25, 0.3) is 10.0 Å². The third-order valence-corrected chi connectivity index (χ3v) is 8.48. The quantitative estimate of drug-likeness (QED) is 0.483. The van der Waals surface area contributed by atoms with E-state index < -0.39 is 28.2 Å². The predicted molar refractivity (Wildman–Crippen MR) is 121 cm³/mol. The molecule has 10 nitrogen and oxygen atoms in total. The normalized spacial score (nSPS) is 23.5. The number of ether oxygens (including phenoxy) is 1. The minimum atomic E-state index is -4.30. The summed E-state index contributed by atoms with van der Waals surface area (Å²) in [7, 11) is -3.92. The van der Waals surface area contributed by atoms with Crippen LogP contribution in [0.4, 0.5) is 18.3 Å². The number of nitrogens with one attached hydrogen (secondary N) is 1. The Bertz CT molecular complexity index is 1300. The van der Waals surface area contributed by atoms with Crippen LogP contribution in [0.3, 0.4) is 0 Å². The van der Waals surface area contributed by atoms with Gasteiger partial charge in [0.1, 0.15) is 12.1 Å². The summed E-state index contributed by atoms with van der Waals surface area (Å²) in [6.07, 6.45) is -1.24. The van der Waals surface area contributed by atoms with Crippen molar-refractivity contribution < 1.29 is 26.3 Å². The first-order valence-corrected chi connectivity index (χ1v) is 13.1. The number of nitrogen functional groups attached to an aromatic ring is 1. The lowest BCUT2D eigenvalue weighted by molar-refractivity contribution is -0.192. The summed E-state index contributed by atoms with van der Waals surface area (Å²) in [6.45, 7) is 0.488. The van der Waals surface area contributed by atoms with Gasteiger partial charge < -0.3 is 10.6 Å². The molecule has 3 atom stereocenters. The van der Waals surface area contributed by atoms with Crippen LogP contribution in [0, 0.1) is 5.92 Å². The number of piperidine rings is 1. The number of alkyl halides is 3. The molecule has 2 aromatic heterocycles. The summed E-state index contributed by atoms with van der Waals surface area (Å²) in [6, 6.07) is 5.28.